The molecule has 2 aromatic carbocycles. The number of benzene rings is 2. The fourth-order valence-electron chi connectivity index (χ4n) is 4.14. The number of hydrogen-bond donors (Lipinski definition) is 0. The molecule has 27 heavy (non-hydrogen) atoms. The minimum atomic E-state index is -0.192. The highest BCUT2D eigenvalue weighted by molar-refractivity contribution is 5.64. The summed E-state index contributed by atoms with van der Waals surface area (Å²) in [7, 11) is 0. The Morgan fingerprint density at radius 1 is 1.04 bits per heavy atom. The third-order valence-electron chi connectivity index (χ3n) is 5.86. The topological polar surface area (TPSA) is 9.23 Å². The third kappa shape index (κ3) is 5.29. The summed E-state index contributed by atoms with van der Waals surface area (Å²) in [6.07, 6.45) is 9.68. The molecule has 1 aliphatic rings. The molecule has 0 aromatic heterocycles. The van der Waals surface area contributed by atoms with Gasteiger partial charge in [-0.15, -0.1) is 6.58 Å². The quantitative estimate of drug-likeness (QED) is 0.446. The summed E-state index contributed by atoms with van der Waals surface area (Å²) in [6.45, 7) is 6.68. The van der Waals surface area contributed by atoms with Crippen molar-refractivity contribution in [2.24, 2.45) is 5.92 Å². The molecule has 0 N–H and O–H groups in total. The second kappa shape index (κ2) is 9.85. The molecule has 2 aromatic rings. The van der Waals surface area contributed by atoms with Gasteiger partial charge in [-0.1, -0.05) is 42.5 Å². The van der Waals surface area contributed by atoms with Gasteiger partial charge in [0.15, 0.2) is 0 Å². The van der Waals surface area contributed by atoms with E-state index in [2.05, 4.69) is 30.8 Å². The number of rotatable bonds is 8. The average Bonchev–Trinajstić information content (AvgIpc) is 2.72. The number of allylic oxidation sites excluding steroid dienone is 1. The molecule has 0 unspecified atom stereocenters. The lowest BCUT2D eigenvalue weighted by Crippen LogP contribution is -2.13. The van der Waals surface area contributed by atoms with Crippen molar-refractivity contribution >= 4 is 0 Å². The monoisotopic (exact) mass is 366 g/mol. The molecule has 0 spiro atoms. The minimum Gasteiger partial charge on any atom is -0.377 e. The van der Waals surface area contributed by atoms with Crippen LogP contribution in [0.5, 0.6) is 0 Å². The number of hydrogen-bond acceptors (Lipinski definition) is 1. The molecular weight excluding hydrogens is 335 g/mol. The van der Waals surface area contributed by atoms with Crippen molar-refractivity contribution < 1.29 is 9.13 Å². The summed E-state index contributed by atoms with van der Waals surface area (Å²) in [5.74, 6) is 1.35. The average molecular weight is 367 g/mol. The van der Waals surface area contributed by atoms with Gasteiger partial charge in [-0.3, -0.25) is 0 Å². The van der Waals surface area contributed by atoms with Gasteiger partial charge < -0.3 is 4.74 Å². The van der Waals surface area contributed by atoms with Gasteiger partial charge in [0.05, 0.1) is 6.61 Å². The maximum Gasteiger partial charge on any atom is 0.129 e. The lowest BCUT2D eigenvalue weighted by atomic mass is 9.77. The molecule has 1 aliphatic carbocycles. The van der Waals surface area contributed by atoms with E-state index in [1.807, 2.05) is 25.1 Å². The Labute approximate surface area is 163 Å². The molecule has 3 rings (SSSR count). The predicted molar refractivity (Wildman–Crippen MR) is 111 cm³/mol. The van der Waals surface area contributed by atoms with Crippen molar-refractivity contribution in [2.75, 3.05) is 6.61 Å². The third-order valence-corrected chi connectivity index (χ3v) is 5.86. The van der Waals surface area contributed by atoms with Crippen LogP contribution in [0.4, 0.5) is 4.39 Å². The van der Waals surface area contributed by atoms with Crippen molar-refractivity contribution in [3.05, 3.63) is 72.1 Å². The Hall–Kier alpha value is -1.93. The zero-order chi connectivity index (χ0) is 19.1. The summed E-state index contributed by atoms with van der Waals surface area (Å²) < 4.78 is 19.6. The number of halogens is 1. The van der Waals surface area contributed by atoms with Gasteiger partial charge in [-0.25, -0.2) is 4.39 Å². The van der Waals surface area contributed by atoms with Crippen molar-refractivity contribution in [2.45, 2.75) is 58.0 Å². The maximum atomic E-state index is 14.3. The molecule has 1 fully saturated rings. The highest BCUT2D eigenvalue weighted by Gasteiger charge is 2.21. The summed E-state index contributed by atoms with van der Waals surface area (Å²) in [6, 6.07) is 14.2. The fourth-order valence-corrected chi connectivity index (χ4v) is 4.14. The van der Waals surface area contributed by atoms with Crippen molar-refractivity contribution in [1.82, 2.24) is 0 Å². The summed E-state index contributed by atoms with van der Waals surface area (Å²) in [5.41, 5.74) is 4.03. The molecule has 2 heteroatoms. The normalized spacial score (nSPS) is 19.8. The standard InChI is InChI=1S/C25H31FO/c1-3-5-6-19-7-9-20(10-8-19)21-11-13-22(14-12-21)23-15-16-24(18-27-4-2)25(26)17-23/h3,11-17,19-20H,1,4-10,18H2,2H3. The van der Waals surface area contributed by atoms with Crippen LogP contribution >= 0.6 is 0 Å². The summed E-state index contributed by atoms with van der Waals surface area (Å²) >= 11 is 0. The van der Waals surface area contributed by atoms with Crippen LogP contribution in [0, 0.1) is 11.7 Å². The van der Waals surface area contributed by atoms with Crippen LogP contribution in [0.25, 0.3) is 11.1 Å². The first kappa shape index (κ1) is 19.8. The summed E-state index contributed by atoms with van der Waals surface area (Å²) in [5, 5.41) is 0. The van der Waals surface area contributed by atoms with Crippen LogP contribution in [0.1, 0.15) is 62.5 Å². The highest BCUT2D eigenvalue weighted by atomic mass is 19.1. The van der Waals surface area contributed by atoms with E-state index < -0.39 is 0 Å². The second-order valence-electron chi connectivity index (χ2n) is 7.65. The van der Waals surface area contributed by atoms with Gasteiger partial charge in [-0.2, -0.15) is 0 Å². The van der Waals surface area contributed by atoms with Crippen molar-refractivity contribution in [3.63, 3.8) is 0 Å². The van der Waals surface area contributed by atoms with E-state index in [1.54, 1.807) is 6.07 Å². The van der Waals surface area contributed by atoms with Gasteiger partial charge >= 0.3 is 0 Å². The fraction of sp³-hybridized carbons (Fsp3) is 0.440. The molecule has 0 saturated heterocycles. The first-order valence-electron chi connectivity index (χ1n) is 10.3. The van der Waals surface area contributed by atoms with Gasteiger partial charge in [0.25, 0.3) is 0 Å². The van der Waals surface area contributed by atoms with Crippen LogP contribution in [0.15, 0.2) is 55.1 Å². The first-order chi connectivity index (χ1) is 13.2. The second-order valence-corrected chi connectivity index (χ2v) is 7.65. The molecule has 0 atom stereocenters. The number of ether oxygens (including phenoxy) is 1. The predicted octanol–water partition coefficient (Wildman–Crippen LogP) is 7.27. The van der Waals surface area contributed by atoms with Crippen LogP contribution in [0.3, 0.4) is 0 Å². The van der Waals surface area contributed by atoms with E-state index in [0.717, 1.165) is 23.5 Å². The molecule has 0 heterocycles. The van der Waals surface area contributed by atoms with Crippen LogP contribution in [-0.4, -0.2) is 6.61 Å². The summed E-state index contributed by atoms with van der Waals surface area (Å²) in [4.78, 5) is 0. The molecule has 0 radical (unpaired) electrons. The lowest BCUT2D eigenvalue weighted by molar-refractivity contribution is 0.131. The molecule has 144 valence electrons. The first-order valence-corrected chi connectivity index (χ1v) is 10.3. The van der Waals surface area contributed by atoms with Crippen molar-refractivity contribution in [1.29, 1.82) is 0 Å². The molecule has 0 aliphatic heterocycles. The van der Waals surface area contributed by atoms with Gasteiger partial charge in [0.1, 0.15) is 5.82 Å². The van der Waals surface area contributed by atoms with Crippen molar-refractivity contribution in [3.8, 4) is 11.1 Å². The Morgan fingerprint density at radius 2 is 1.74 bits per heavy atom. The van der Waals surface area contributed by atoms with E-state index in [0.29, 0.717) is 24.7 Å². The smallest absolute Gasteiger partial charge is 0.129 e. The van der Waals surface area contributed by atoms with E-state index in [1.165, 1.54) is 37.7 Å². The molecule has 0 bridgehead atoms. The van der Waals surface area contributed by atoms with E-state index in [4.69, 9.17) is 4.74 Å². The largest absolute Gasteiger partial charge is 0.377 e. The van der Waals surface area contributed by atoms with Gasteiger partial charge in [0, 0.05) is 12.2 Å². The van der Waals surface area contributed by atoms with E-state index in [9.17, 15) is 4.39 Å². The zero-order valence-electron chi connectivity index (χ0n) is 16.4. The highest BCUT2D eigenvalue weighted by Crippen LogP contribution is 2.38. The Morgan fingerprint density at radius 3 is 2.37 bits per heavy atom. The van der Waals surface area contributed by atoms with Gasteiger partial charge in [0.2, 0.25) is 0 Å². The minimum absolute atomic E-state index is 0.192. The molecule has 1 saturated carbocycles. The molecular formula is C25H31FO. The Kier molecular flexibility index (Phi) is 7.23. The van der Waals surface area contributed by atoms with Crippen LogP contribution in [-0.2, 0) is 11.3 Å². The van der Waals surface area contributed by atoms with Crippen LogP contribution < -0.4 is 0 Å². The molecule has 1 nitrogen and oxygen atoms in total. The van der Waals surface area contributed by atoms with E-state index >= 15 is 0 Å². The molecule has 0 amide bonds. The van der Waals surface area contributed by atoms with Gasteiger partial charge in [-0.05, 0) is 80.0 Å². The lowest BCUT2D eigenvalue weighted by Gasteiger charge is -2.28. The maximum absolute atomic E-state index is 14.3. The Bertz CT molecular complexity index is 726. The SMILES string of the molecule is C=CCCC1CCC(c2ccc(-c3ccc(COCC)c(F)c3)cc2)CC1. The van der Waals surface area contributed by atoms with Crippen LogP contribution in [0.2, 0.25) is 0 Å². The zero-order valence-corrected chi connectivity index (χ0v) is 16.4. The Balaban J connectivity index is 1.62. The van der Waals surface area contributed by atoms with E-state index in [-0.39, 0.29) is 5.82 Å².